The van der Waals surface area contributed by atoms with E-state index in [-0.39, 0.29) is 24.3 Å². The van der Waals surface area contributed by atoms with E-state index in [9.17, 15) is 55.5 Å². The van der Waals surface area contributed by atoms with Crippen LogP contribution >= 0.6 is 0 Å². The fourth-order valence-corrected chi connectivity index (χ4v) is 5.58. The number of halogens is 3. The summed E-state index contributed by atoms with van der Waals surface area (Å²) >= 11 is 0. The number of nitrogens with one attached hydrogen (secondary N) is 1. The maximum Gasteiger partial charge on any atom is 0.471 e. The van der Waals surface area contributed by atoms with Crippen LogP contribution in [0.4, 0.5) is 13.2 Å². The molecule has 0 radical (unpaired) electrons. The van der Waals surface area contributed by atoms with E-state index < -0.39 is 86.1 Å². The van der Waals surface area contributed by atoms with Gasteiger partial charge in [0.15, 0.2) is 5.37 Å². The Morgan fingerprint density at radius 3 is 2.35 bits per heavy atom. The molecule has 13 nitrogen and oxygen atoms in total. The van der Waals surface area contributed by atoms with E-state index in [2.05, 4.69) is 4.74 Å². The molecule has 3 unspecified atom stereocenters. The van der Waals surface area contributed by atoms with Crippen LogP contribution in [0.5, 0.6) is 0 Å². The summed E-state index contributed by atoms with van der Waals surface area (Å²) in [5.41, 5.74) is -1.91. The van der Waals surface area contributed by atoms with Crippen molar-refractivity contribution in [2.75, 3.05) is 13.2 Å². The summed E-state index contributed by atoms with van der Waals surface area (Å²) in [4.78, 5) is 73.5. The monoisotopic (exact) mass is 511 g/mol. The zero-order chi connectivity index (χ0) is 25.7. The van der Waals surface area contributed by atoms with Crippen LogP contribution in [0, 0.1) is 0 Å². The van der Waals surface area contributed by atoms with Crippen molar-refractivity contribution < 1.29 is 60.2 Å². The third-order valence-corrected chi connectivity index (χ3v) is 7.24. The smallest absolute Gasteiger partial charge is 0.471 e. The molecule has 0 aromatic heterocycles. The number of hydrogen-bond donors (Lipinski definition) is 2. The van der Waals surface area contributed by atoms with Crippen LogP contribution in [0.2, 0.25) is 0 Å². The Hall–Kier alpha value is -3.50. The zero-order valence-electron chi connectivity index (χ0n) is 17.1. The molecule has 2 fully saturated rings. The third-order valence-electron chi connectivity index (χ3n) is 5.36. The van der Waals surface area contributed by atoms with Crippen molar-refractivity contribution in [3.63, 3.8) is 0 Å². The molecular formula is C17H16F3N3O10S. The van der Waals surface area contributed by atoms with Gasteiger partial charge in [0.25, 0.3) is 16.9 Å². The van der Waals surface area contributed by atoms with Crippen molar-refractivity contribution in [2.45, 2.75) is 43.4 Å². The first-order valence-electron chi connectivity index (χ1n) is 9.50. The first-order chi connectivity index (χ1) is 15.6. The molecule has 186 valence electrons. The summed E-state index contributed by atoms with van der Waals surface area (Å²) in [5.74, 6) is -7.81. The van der Waals surface area contributed by atoms with E-state index in [1.54, 1.807) is 0 Å². The second-order valence-electron chi connectivity index (χ2n) is 7.48. The van der Waals surface area contributed by atoms with Crippen LogP contribution in [0.3, 0.4) is 0 Å². The van der Waals surface area contributed by atoms with Crippen molar-refractivity contribution in [1.29, 1.82) is 0 Å². The van der Waals surface area contributed by atoms with Gasteiger partial charge in [0.05, 0.1) is 5.57 Å². The highest BCUT2D eigenvalue weighted by Crippen LogP contribution is 2.39. The molecule has 0 bridgehead atoms. The predicted octanol–water partition coefficient (Wildman–Crippen LogP) is -1.95. The molecule has 17 heteroatoms. The maximum absolute atomic E-state index is 13.2. The van der Waals surface area contributed by atoms with E-state index in [1.807, 2.05) is 0 Å². The number of β-lactam (4-membered cyclic amide) rings is 1. The van der Waals surface area contributed by atoms with Gasteiger partial charge < -0.3 is 20.1 Å². The molecule has 2 saturated heterocycles. The van der Waals surface area contributed by atoms with Crippen LogP contribution in [-0.4, -0.2) is 94.9 Å². The summed E-state index contributed by atoms with van der Waals surface area (Å²) in [6.07, 6.45) is -5.27. The number of carboxylic acid groups (broad SMARTS) is 1. The van der Waals surface area contributed by atoms with Crippen LogP contribution in [0.25, 0.3) is 0 Å². The number of likely N-dealkylation sites (tertiary alicyclic amines) is 1. The number of carbonyl (C=O) groups excluding carboxylic acids is 5. The molecule has 3 rings (SSSR count). The molecule has 0 saturated carbocycles. The molecule has 3 aliphatic heterocycles. The number of aliphatic carboxylic acids is 1. The summed E-state index contributed by atoms with van der Waals surface area (Å²) < 4.78 is 67.9. The number of sulfone groups is 1. The van der Waals surface area contributed by atoms with Gasteiger partial charge in [0.2, 0.25) is 9.84 Å². The van der Waals surface area contributed by atoms with Crippen LogP contribution < -0.4 is 5.32 Å². The van der Waals surface area contributed by atoms with E-state index in [0.717, 1.165) is 11.8 Å². The average molecular weight is 511 g/mol. The molecule has 0 aromatic carbocycles. The van der Waals surface area contributed by atoms with Gasteiger partial charge in [-0.15, -0.1) is 0 Å². The second kappa shape index (κ2) is 8.37. The number of rotatable bonds is 5. The van der Waals surface area contributed by atoms with E-state index in [0.29, 0.717) is 0 Å². The molecule has 0 aromatic rings. The highest BCUT2D eigenvalue weighted by atomic mass is 32.2. The summed E-state index contributed by atoms with van der Waals surface area (Å²) in [6.45, 7) is -0.344. The van der Waals surface area contributed by atoms with Crippen LogP contribution in [-0.2, 0) is 43.3 Å². The van der Waals surface area contributed by atoms with Gasteiger partial charge >= 0.3 is 24.0 Å². The number of esters is 1. The number of hydrogen-bond acceptors (Lipinski definition) is 9. The Labute approximate surface area is 188 Å². The quantitative estimate of drug-likeness (QED) is 0.311. The molecule has 2 N–H and O–H groups in total. The Balaban J connectivity index is 2.10. The Kier molecular flexibility index (Phi) is 6.19. The zero-order valence-corrected chi connectivity index (χ0v) is 17.9. The minimum absolute atomic E-state index is 0.00151. The van der Waals surface area contributed by atoms with Crippen molar-refractivity contribution in [2.24, 2.45) is 0 Å². The van der Waals surface area contributed by atoms with Gasteiger partial charge in [-0.1, -0.05) is 0 Å². The van der Waals surface area contributed by atoms with Crippen molar-refractivity contribution in [1.82, 2.24) is 15.1 Å². The number of carbonyl (C=O) groups is 6. The van der Waals surface area contributed by atoms with Crippen molar-refractivity contribution in [3.8, 4) is 0 Å². The number of nitrogens with zero attached hydrogens (tertiary/aromatic N) is 2. The molecule has 3 amide bonds. The molecule has 0 aliphatic carbocycles. The van der Waals surface area contributed by atoms with Crippen molar-refractivity contribution >= 4 is 44.6 Å². The first kappa shape index (κ1) is 25.1. The molecule has 3 atom stereocenters. The van der Waals surface area contributed by atoms with Crippen LogP contribution in [0.15, 0.2) is 11.3 Å². The summed E-state index contributed by atoms with van der Waals surface area (Å²) in [7, 11) is -5.14. The van der Waals surface area contributed by atoms with Gasteiger partial charge in [-0.25, -0.2) is 13.2 Å². The van der Waals surface area contributed by atoms with Gasteiger partial charge in [0, 0.05) is 13.5 Å². The fourth-order valence-electron chi connectivity index (χ4n) is 3.83. The first-order valence-corrected chi connectivity index (χ1v) is 11.0. The predicted molar refractivity (Wildman–Crippen MR) is 98.6 cm³/mol. The number of alkyl halides is 3. The minimum atomic E-state index is -5.48. The topological polar surface area (TPSA) is 185 Å². The highest BCUT2D eigenvalue weighted by Gasteiger charge is 2.65. The maximum atomic E-state index is 13.2. The highest BCUT2D eigenvalue weighted by molar-refractivity contribution is 8.07. The normalized spacial score (nSPS) is 26.1. The Bertz CT molecular complexity index is 1150. The number of ether oxygens (including phenoxy) is 1. The Morgan fingerprint density at radius 2 is 1.82 bits per heavy atom. The van der Waals surface area contributed by atoms with Gasteiger partial charge in [0.1, 0.15) is 24.4 Å². The fraction of sp³-hybridized carbons (Fsp3) is 0.529. The lowest BCUT2D eigenvalue weighted by atomic mass is 10.0. The lowest BCUT2D eigenvalue weighted by Gasteiger charge is -2.49. The lowest BCUT2D eigenvalue weighted by Crippen LogP contribution is -2.76. The largest absolute Gasteiger partial charge is 0.480 e. The van der Waals surface area contributed by atoms with Crippen molar-refractivity contribution in [3.05, 3.63) is 11.3 Å². The minimum Gasteiger partial charge on any atom is -0.480 e. The lowest BCUT2D eigenvalue weighted by molar-refractivity contribution is -0.177. The van der Waals surface area contributed by atoms with E-state index in [4.69, 9.17) is 0 Å². The summed E-state index contributed by atoms with van der Waals surface area (Å²) in [6, 6.07) is -3.73. The Morgan fingerprint density at radius 1 is 1.21 bits per heavy atom. The molecule has 34 heavy (non-hydrogen) atoms. The SMILES string of the molecule is CC(=O)OCC1=C(C(=O)N2CCCC2C(=O)O)N2C(=O)C(NC(=O)C(F)(F)F)C2S(=O)(=O)C1=O. The third kappa shape index (κ3) is 3.99. The standard InChI is InChI=1S/C17H16F3N3O10S/c1-6(24)33-5-7-10(12(26)22-4-2-3-8(22)14(27)28)23-11(25)9(21-16(30)17(18,19)20)13(23)34(31,32)15(7)29/h8-9,13H,2-5H2,1H3,(H,21,30)(H,27,28). The second-order valence-corrected chi connectivity index (χ2v) is 9.43. The molecule has 3 aliphatic rings. The van der Waals surface area contributed by atoms with Gasteiger partial charge in [-0.3, -0.25) is 28.9 Å². The molecule has 3 heterocycles. The van der Waals surface area contributed by atoms with E-state index >= 15 is 0 Å². The number of amides is 3. The molecule has 0 spiro atoms. The van der Waals surface area contributed by atoms with Crippen LogP contribution in [0.1, 0.15) is 19.8 Å². The van der Waals surface area contributed by atoms with Gasteiger partial charge in [-0.05, 0) is 12.8 Å². The average Bonchev–Trinajstić information content (AvgIpc) is 3.21. The van der Waals surface area contributed by atoms with E-state index in [1.165, 1.54) is 5.32 Å². The number of carboxylic acids is 1. The molecular weight excluding hydrogens is 495 g/mol. The number of fused-ring (bicyclic) bond motifs is 1. The summed E-state index contributed by atoms with van der Waals surface area (Å²) in [5, 5.41) is 6.32. The van der Waals surface area contributed by atoms with Gasteiger partial charge in [-0.2, -0.15) is 13.2 Å².